The van der Waals surface area contributed by atoms with Gasteiger partial charge in [0.25, 0.3) is 5.69 Å². The SMILES string of the molecule is O=[N+]([O-])c1ccc(OC(F)F)c(C=NNc2ccc(C(F)(F)F)cn2)c1. The molecule has 7 nitrogen and oxygen atoms in total. The van der Waals surface area contributed by atoms with Crippen LogP contribution in [0.3, 0.4) is 0 Å². The maximum atomic E-state index is 12.4. The number of rotatable bonds is 6. The Morgan fingerprint density at radius 2 is 2.00 bits per heavy atom. The third kappa shape index (κ3) is 5.09. The Kier molecular flexibility index (Phi) is 5.64. The lowest BCUT2D eigenvalue weighted by atomic mass is 10.2. The molecular formula is C14H9F5N4O3. The van der Waals surface area contributed by atoms with Gasteiger partial charge >= 0.3 is 12.8 Å². The highest BCUT2D eigenvalue weighted by atomic mass is 19.4. The lowest BCUT2D eigenvalue weighted by Gasteiger charge is -2.08. The summed E-state index contributed by atoms with van der Waals surface area (Å²) in [4.78, 5) is 13.5. The fourth-order valence-electron chi connectivity index (χ4n) is 1.75. The van der Waals surface area contributed by atoms with Gasteiger partial charge in [0.15, 0.2) is 0 Å². The highest BCUT2D eigenvalue weighted by Gasteiger charge is 2.30. The normalized spacial score (nSPS) is 11.8. The maximum absolute atomic E-state index is 12.4. The van der Waals surface area contributed by atoms with Crippen molar-refractivity contribution in [3.8, 4) is 5.75 Å². The second-order valence-corrected chi connectivity index (χ2v) is 4.66. The lowest BCUT2D eigenvalue weighted by Crippen LogP contribution is -2.06. The Bertz CT molecular complexity index is 809. The van der Waals surface area contributed by atoms with Gasteiger partial charge in [-0.2, -0.15) is 27.1 Å². The fraction of sp³-hybridized carbons (Fsp3) is 0.143. The second kappa shape index (κ2) is 7.72. The fourth-order valence-corrected chi connectivity index (χ4v) is 1.75. The Hall–Kier alpha value is -3.31. The molecule has 1 N–H and O–H groups in total. The number of nitro groups is 1. The van der Waals surface area contributed by atoms with Crippen molar-refractivity contribution < 1.29 is 31.6 Å². The van der Waals surface area contributed by atoms with E-state index in [-0.39, 0.29) is 22.8 Å². The van der Waals surface area contributed by atoms with Gasteiger partial charge in [-0.3, -0.25) is 15.5 Å². The summed E-state index contributed by atoms with van der Waals surface area (Å²) in [7, 11) is 0. The molecule has 138 valence electrons. The number of hydrazone groups is 1. The van der Waals surface area contributed by atoms with Gasteiger partial charge in [-0.15, -0.1) is 0 Å². The number of nitrogens with one attached hydrogen (secondary N) is 1. The molecule has 2 rings (SSSR count). The third-order valence-corrected chi connectivity index (χ3v) is 2.89. The molecule has 0 atom stereocenters. The molecule has 0 spiro atoms. The number of non-ortho nitro benzene ring substituents is 1. The van der Waals surface area contributed by atoms with Gasteiger partial charge in [-0.1, -0.05) is 0 Å². The molecule has 12 heteroatoms. The van der Waals surface area contributed by atoms with Crippen LogP contribution in [0.25, 0.3) is 0 Å². The minimum Gasteiger partial charge on any atom is -0.434 e. The van der Waals surface area contributed by atoms with Crippen LogP contribution in [0.5, 0.6) is 5.75 Å². The van der Waals surface area contributed by atoms with Crippen molar-refractivity contribution >= 4 is 17.7 Å². The van der Waals surface area contributed by atoms with Crippen molar-refractivity contribution in [1.29, 1.82) is 0 Å². The molecular weight excluding hydrogens is 367 g/mol. The van der Waals surface area contributed by atoms with Crippen molar-refractivity contribution in [2.24, 2.45) is 5.10 Å². The number of alkyl halides is 5. The van der Waals surface area contributed by atoms with Gasteiger partial charge in [0.1, 0.15) is 11.6 Å². The largest absolute Gasteiger partial charge is 0.434 e. The van der Waals surface area contributed by atoms with Crippen molar-refractivity contribution in [3.05, 3.63) is 57.8 Å². The zero-order valence-electron chi connectivity index (χ0n) is 12.6. The summed E-state index contributed by atoms with van der Waals surface area (Å²) in [6.07, 6.45) is -3.03. The Morgan fingerprint density at radius 3 is 2.54 bits per heavy atom. The number of hydrogen-bond acceptors (Lipinski definition) is 6. The number of ether oxygens (including phenoxy) is 1. The van der Waals surface area contributed by atoms with Crippen LogP contribution in [-0.2, 0) is 6.18 Å². The number of hydrogen-bond donors (Lipinski definition) is 1. The van der Waals surface area contributed by atoms with E-state index in [1.54, 1.807) is 0 Å². The van der Waals surface area contributed by atoms with Gasteiger partial charge < -0.3 is 4.74 Å². The minimum absolute atomic E-state index is 0.0593. The minimum atomic E-state index is -4.54. The van der Waals surface area contributed by atoms with Crippen molar-refractivity contribution in [2.45, 2.75) is 12.8 Å². The van der Waals surface area contributed by atoms with Crippen LogP contribution in [0.2, 0.25) is 0 Å². The van der Waals surface area contributed by atoms with Crippen molar-refractivity contribution in [1.82, 2.24) is 4.98 Å². The number of aromatic nitrogens is 1. The Labute approximate surface area is 142 Å². The topological polar surface area (TPSA) is 89.7 Å². The molecule has 0 aliphatic carbocycles. The average Bonchev–Trinajstić information content (AvgIpc) is 2.55. The Morgan fingerprint density at radius 1 is 1.27 bits per heavy atom. The molecule has 26 heavy (non-hydrogen) atoms. The molecule has 1 heterocycles. The molecule has 0 aliphatic rings. The summed E-state index contributed by atoms with van der Waals surface area (Å²) >= 11 is 0. The van der Waals surface area contributed by atoms with E-state index >= 15 is 0 Å². The predicted molar refractivity (Wildman–Crippen MR) is 80.2 cm³/mol. The molecule has 0 amide bonds. The lowest BCUT2D eigenvalue weighted by molar-refractivity contribution is -0.384. The van der Waals surface area contributed by atoms with E-state index in [4.69, 9.17) is 0 Å². The number of nitro benzene ring substituents is 1. The third-order valence-electron chi connectivity index (χ3n) is 2.89. The van der Waals surface area contributed by atoms with Gasteiger partial charge in [-0.05, 0) is 18.2 Å². The number of nitrogens with zero attached hydrogens (tertiary/aromatic N) is 3. The number of anilines is 1. The Balaban J connectivity index is 2.18. The van der Waals surface area contributed by atoms with Gasteiger partial charge in [0.2, 0.25) is 0 Å². The van der Waals surface area contributed by atoms with E-state index in [0.717, 1.165) is 36.5 Å². The highest BCUT2D eigenvalue weighted by Crippen LogP contribution is 2.29. The van der Waals surface area contributed by atoms with E-state index in [2.05, 4.69) is 20.2 Å². The predicted octanol–water partition coefficient (Wildman–Crippen LogP) is 4.06. The van der Waals surface area contributed by atoms with E-state index < -0.39 is 23.3 Å². The van der Waals surface area contributed by atoms with Gasteiger partial charge in [0.05, 0.1) is 16.7 Å². The monoisotopic (exact) mass is 376 g/mol. The first kappa shape index (κ1) is 19.0. The summed E-state index contributed by atoms with van der Waals surface area (Å²) in [6.45, 7) is -3.16. The molecule has 0 bridgehead atoms. The van der Waals surface area contributed by atoms with Crippen LogP contribution in [-0.4, -0.2) is 22.7 Å². The van der Waals surface area contributed by atoms with Gasteiger partial charge in [0, 0.05) is 23.9 Å². The molecule has 0 fully saturated rings. The van der Waals surface area contributed by atoms with Crippen molar-refractivity contribution in [3.63, 3.8) is 0 Å². The number of halogens is 5. The zero-order valence-corrected chi connectivity index (χ0v) is 12.6. The van der Waals surface area contributed by atoms with Crippen LogP contribution >= 0.6 is 0 Å². The van der Waals surface area contributed by atoms with E-state index in [0.29, 0.717) is 6.20 Å². The second-order valence-electron chi connectivity index (χ2n) is 4.66. The molecule has 0 unspecified atom stereocenters. The molecule has 0 saturated heterocycles. The summed E-state index contributed by atoms with van der Waals surface area (Å²) in [5, 5.41) is 14.4. The van der Waals surface area contributed by atoms with Crippen LogP contribution in [0, 0.1) is 10.1 Å². The first-order valence-electron chi connectivity index (χ1n) is 6.72. The molecule has 0 saturated carbocycles. The van der Waals surface area contributed by atoms with Crippen LogP contribution in [0.15, 0.2) is 41.6 Å². The standard InChI is InChI=1S/C14H9F5N4O3/c15-13(16)26-11-3-2-10(23(24)25)5-8(11)6-21-22-12-4-1-9(7-20-12)14(17,18)19/h1-7,13H,(H,20,22). The molecule has 0 radical (unpaired) electrons. The summed E-state index contributed by atoms with van der Waals surface area (Å²) in [6, 6.07) is 4.67. The van der Waals surface area contributed by atoms with E-state index in [1.807, 2.05) is 0 Å². The smallest absolute Gasteiger partial charge is 0.417 e. The molecule has 2 aromatic rings. The maximum Gasteiger partial charge on any atom is 0.417 e. The van der Waals surface area contributed by atoms with E-state index in [1.165, 1.54) is 0 Å². The van der Waals surface area contributed by atoms with Crippen LogP contribution < -0.4 is 10.2 Å². The highest BCUT2D eigenvalue weighted by molar-refractivity contribution is 5.85. The van der Waals surface area contributed by atoms with Crippen LogP contribution in [0.4, 0.5) is 33.5 Å². The summed E-state index contributed by atoms with van der Waals surface area (Å²) < 4.78 is 66.2. The van der Waals surface area contributed by atoms with Gasteiger partial charge in [-0.25, -0.2) is 4.98 Å². The summed E-state index contributed by atoms with van der Waals surface area (Å²) in [5.41, 5.74) is 0.791. The zero-order chi connectivity index (χ0) is 19.3. The van der Waals surface area contributed by atoms with Crippen molar-refractivity contribution in [2.75, 3.05) is 5.43 Å². The van der Waals surface area contributed by atoms with Crippen LogP contribution in [0.1, 0.15) is 11.1 Å². The first-order valence-corrected chi connectivity index (χ1v) is 6.72. The quantitative estimate of drug-likeness (QED) is 0.355. The number of benzene rings is 1. The first-order chi connectivity index (χ1) is 12.2. The van der Waals surface area contributed by atoms with E-state index in [9.17, 15) is 32.1 Å². The molecule has 1 aromatic heterocycles. The molecule has 0 aliphatic heterocycles. The average molecular weight is 376 g/mol. The number of pyridine rings is 1. The molecule has 1 aromatic carbocycles. The summed E-state index contributed by atoms with van der Waals surface area (Å²) in [5.74, 6) is -0.424.